The van der Waals surface area contributed by atoms with E-state index in [1.807, 2.05) is 11.8 Å². The molecule has 2 fully saturated rings. The Kier molecular flexibility index (Phi) is 3.14. The zero-order valence-corrected chi connectivity index (χ0v) is 9.39. The van der Waals surface area contributed by atoms with Gasteiger partial charge in [0.15, 0.2) is 6.10 Å². The molecule has 1 heterocycles. The van der Waals surface area contributed by atoms with Gasteiger partial charge in [-0.3, -0.25) is 4.79 Å². The first-order valence-electron chi connectivity index (χ1n) is 5.82. The topological polar surface area (TPSA) is 66.8 Å². The van der Waals surface area contributed by atoms with Crippen LogP contribution in [0, 0.1) is 0 Å². The molecule has 2 aliphatic rings. The fourth-order valence-electron chi connectivity index (χ4n) is 2.17. The molecule has 2 atom stereocenters. The molecule has 1 N–H and O–H groups in total. The summed E-state index contributed by atoms with van der Waals surface area (Å²) in [6.07, 6.45) is 1.75. The zero-order chi connectivity index (χ0) is 11.7. The quantitative estimate of drug-likeness (QED) is 0.765. The highest BCUT2D eigenvalue weighted by molar-refractivity contribution is 5.83. The SMILES string of the molecule is CCN(C(=O)[C@@H]1CC[C@H](C(=O)O)O1)C1CC1. The number of ether oxygens (including phenoxy) is 1. The number of aliphatic carboxylic acids is 1. The van der Waals surface area contributed by atoms with Crippen LogP contribution in [0.1, 0.15) is 32.6 Å². The number of rotatable bonds is 4. The van der Waals surface area contributed by atoms with Gasteiger partial charge in [0.2, 0.25) is 0 Å². The van der Waals surface area contributed by atoms with Crippen molar-refractivity contribution in [2.45, 2.75) is 50.9 Å². The summed E-state index contributed by atoms with van der Waals surface area (Å²) in [5.41, 5.74) is 0. The van der Waals surface area contributed by atoms with Crippen LogP contribution in [-0.2, 0) is 14.3 Å². The lowest BCUT2D eigenvalue weighted by Gasteiger charge is -2.23. The van der Waals surface area contributed by atoms with E-state index in [0.717, 1.165) is 12.8 Å². The van der Waals surface area contributed by atoms with Crippen molar-refractivity contribution < 1.29 is 19.4 Å². The molecule has 1 amide bonds. The Morgan fingerprint density at radius 3 is 2.31 bits per heavy atom. The predicted molar refractivity (Wildman–Crippen MR) is 55.9 cm³/mol. The van der Waals surface area contributed by atoms with Crippen LogP contribution in [0.2, 0.25) is 0 Å². The minimum Gasteiger partial charge on any atom is -0.479 e. The molecule has 5 nitrogen and oxygen atoms in total. The molecule has 16 heavy (non-hydrogen) atoms. The number of hydrogen-bond donors (Lipinski definition) is 1. The summed E-state index contributed by atoms with van der Waals surface area (Å²) in [6, 6.07) is 0.366. The van der Waals surface area contributed by atoms with Crippen molar-refractivity contribution in [2.24, 2.45) is 0 Å². The maximum absolute atomic E-state index is 12.0. The Morgan fingerprint density at radius 2 is 1.88 bits per heavy atom. The third-order valence-electron chi connectivity index (χ3n) is 3.18. The van der Waals surface area contributed by atoms with Gasteiger partial charge in [-0.25, -0.2) is 4.79 Å². The van der Waals surface area contributed by atoms with Crippen LogP contribution in [-0.4, -0.2) is 46.7 Å². The second-order valence-electron chi connectivity index (χ2n) is 4.38. The first-order chi connectivity index (χ1) is 7.63. The van der Waals surface area contributed by atoms with Crippen molar-refractivity contribution in [1.29, 1.82) is 0 Å². The van der Waals surface area contributed by atoms with Crippen molar-refractivity contribution in [1.82, 2.24) is 4.90 Å². The summed E-state index contributed by atoms with van der Waals surface area (Å²) in [6.45, 7) is 2.63. The smallest absolute Gasteiger partial charge is 0.332 e. The molecule has 1 saturated carbocycles. The van der Waals surface area contributed by atoms with Crippen LogP contribution in [0.15, 0.2) is 0 Å². The largest absolute Gasteiger partial charge is 0.479 e. The Balaban J connectivity index is 1.92. The van der Waals surface area contributed by atoms with Gasteiger partial charge in [0.25, 0.3) is 5.91 Å². The lowest BCUT2D eigenvalue weighted by atomic mass is 10.2. The molecule has 1 aliphatic carbocycles. The molecule has 5 heteroatoms. The second-order valence-corrected chi connectivity index (χ2v) is 4.38. The highest BCUT2D eigenvalue weighted by Crippen LogP contribution is 2.29. The molecule has 1 saturated heterocycles. The third kappa shape index (κ3) is 2.19. The second kappa shape index (κ2) is 4.41. The summed E-state index contributed by atoms with van der Waals surface area (Å²) in [7, 11) is 0. The summed E-state index contributed by atoms with van der Waals surface area (Å²) < 4.78 is 5.25. The number of carbonyl (C=O) groups is 2. The number of amides is 1. The maximum Gasteiger partial charge on any atom is 0.332 e. The van der Waals surface area contributed by atoms with Gasteiger partial charge in [-0.15, -0.1) is 0 Å². The zero-order valence-electron chi connectivity index (χ0n) is 9.39. The van der Waals surface area contributed by atoms with E-state index in [0.29, 0.717) is 25.4 Å². The van der Waals surface area contributed by atoms with Gasteiger partial charge in [-0.2, -0.15) is 0 Å². The molecule has 0 unspecified atom stereocenters. The Hall–Kier alpha value is -1.10. The highest BCUT2D eigenvalue weighted by Gasteiger charge is 2.40. The maximum atomic E-state index is 12.0. The number of nitrogens with zero attached hydrogens (tertiary/aromatic N) is 1. The average Bonchev–Trinajstić information content (AvgIpc) is 2.96. The van der Waals surface area contributed by atoms with Crippen molar-refractivity contribution in [3.8, 4) is 0 Å². The van der Waals surface area contributed by atoms with Crippen molar-refractivity contribution in [2.75, 3.05) is 6.54 Å². The lowest BCUT2D eigenvalue weighted by Crippen LogP contribution is -2.41. The van der Waals surface area contributed by atoms with E-state index >= 15 is 0 Å². The minimum absolute atomic E-state index is 0.0336. The first kappa shape index (κ1) is 11.4. The number of carbonyl (C=O) groups excluding carboxylic acids is 1. The van der Waals surface area contributed by atoms with Crippen molar-refractivity contribution in [3.05, 3.63) is 0 Å². The minimum atomic E-state index is -0.968. The molecule has 2 rings (SSSR count). The lowest BCUT2D eigenvalue weighted by molar-refractivity contribution is -0.154. The molecular weight excluding hydrogens is 210 g/mol. The van der Waals surface area contributed by atoms with E-state index in [9.17, 15) is 9.59 Å². The normalized spacial score (nSPS) is 29.1. The van der Waals surface area contributed by atoms with E-state index < -0.39 is 18.2 Å². The van der Waals surface area contributed by atoms with Crippen LogP contribution in [0.4, 0.5) is 0 Å². The monoisotopic (exact) mass is 227 g/mol. The van der Waals surface area contributed by atoms with Crippen LogP contribution < -0.4 is 0 Å². The van der Waals surface area contributed by atoms with Crippen LogP contribution in [0.25, 0.3) is 0 Å². The van der Waals surface area contributed by atoms with Gasteiger partial charge in [0.1, 0.15) is 6.10 Å². The first-order valence-corrected chi connectivity index (χ1v) is 5.82. The van der Waals surface area contributed by atoms with Crippen LogP contribution >= 0.6 is 0 Å². The number of carboxylic acids is 1. The molecular formula is C11H17NO4. The van der Waals surface area contributed by atoms with E-state index in [1.165, 1.54) is 0 Å². The van der Waals surface area contributed by atoms with Gasteiger partial charge in [0, 0.05) is 12.6 Å². The van der Waals surface area contributed by atoms with E-state index in [4.69, 9.17) is 9.84 Å². The summed E-state index contributed by atoms with van der Waals surface area (Å²) >= 11 is 0. The molecule has 90 valence electrons. The summed E-state index contributed by atoms with van der Waals surface area (Å²) in [5.74, 6) is -1.00. The Labute approximate surface area is 94.4 Å². The molecule has 1 aliphatic heterocycles. The molecule has 0 aromatic heterocycles. The number of likely N-dealkylation sites (N-methyl/N-ethyl adjacent to an activating group) is 1. The number of carboxylic acid groups (broad SMARTS) is 1. The molecule has 0 aromatic rings. The summed E-state index contributed by atoms with van der Waals surface area (Å²) in [4.78, 5) is 24.6. The van der Waals surface area contributed by atoms with Crippen LogP contribution in [0.3, 0.4) is 0 Å². The number of hydrogen-bond acceptors (Lipinski definition) is 3. The predicted octanol–water partition coefficient (Wildman–Crippen LogP) is 0.629. The standard InChI is InChI=1S/C11H17NO4/c1-2-12(7-3-4-7)10(13)8-5-6-9(16-8)11(14)15/h7-9H,2-6H2,1H3,(H,14,15)/t8-,9+/m0/s1. The van der Waals surface area contributed by atoms with Gasteiger partial charge in [-0.05, 0) is 32.6 Å². The van der Waals surface area contributed by atoms with Gasteiger partial charge < -0.3 is 14.7 Å². The fraction of sp³-hybridized carbons (Fsp3) is 0.818. The van der Waals surface area contributed by atoms with Crippen molar-refractivity contribution in [3.63, 3.8) is 0 Å². The Morgan fingerprint density at radius 1 is 1.25 bits per heavy atom. The fourth-order valence-corrected chi connectivity index (χ4v) is 2.17. The van der Waals surface area contributed by atoms with Gasteiger partial charge in [-0.1, -0.05) is 0 Å². The van der Waals surface area contributed by atoms with Crippen LogP contribution in [0.5, 0.6) is 0 Å². The van der Waals surface area contributed by atoms with E-state index in [1.54, 1.807) is 0 Å². The van der Waals surface area contributed by atoms with Crippen molar-refractivity contribution >= 4 is 11.9 Å². The van der Waals surface area contributed by atoms with Gasteiger partial charge in [0.05, 0.1) is 0 Å². The van der Waals surface area contributed by atoms with E-state index in [2.05, 4.69) is 0 Å². The summed E-state index contributed by atoms with van der Waals surface area (Å²) in [5, 5.41) is 8.78. The van der Waals surface area contributed by atoms with E-state index in [-0.39, 0.29) is 5.91 Å². The average molecular weight is 227 g/mol. The molecule has 0 bridgehead atoms. The van der Waals surface area contributed by atoms with Gasteiger partial charge >= 0.3 is 5.97 Å². The molecule has 0 spiro atoms. The molecule has 0 aromatic carbocycles. The molecule has 0 radical (unpaired) electrons. The highest BCUT2D eigenvalue weighted by atomic mass is 16.5. The Bertz CT molecular complexity index is 300. The third-order valence-corrected chi connectivity index (χ3v) is 3.18.